The van der Waals surface area contributed by atoms with Gasteiger partial charge < -0.3 is 9.67 Å². The van der Waals surface area contributed by atoms with Crippen LogP contribution < -0.4 is 0 Å². The monoisotopic (exact) mass is 374 g/mol. The van der Waals surface area contributed by atoms with Crippen molar-refractivity contribution in [3.63, 3.8) is 0 Å². The minimum Gasteiger partial charge on any atom is -0.388 e. The molecular weight excluding hydrogens is 354 g/mol. The van der Waals surface area contributed by atoms with Crippen molar-refractivity contribution in [3.8, 4) is 0 Å². The van der Waals surface area contributed by atoms with Crippen molar-refractivity contribution in [2.75, 3.05) is 0 Å². The van der Waals surface area contributed by atoms with Crippen LogP contribution in [0.3, 0.4) is 0 Å². The Hall–Kier alpha value is -2.18. The first kappa shape index (κ1) is 18.6. The summed E-state index contributed by atoms with van der Waals surface area (Å²) in [6, 6.07) is 13.3. The number of benzene rings is 2. The fourth-order valence-electron chi connectivity index (χ4n) is 2.89. The van der Waals surface area contributed by atoms with Gasteiger partial charge in [0, 0.05) is 17.5 Å². The first-order chi connectivity index (χ1) is 12.5. The number of hydrogen-bond acceptors (Lipinski definition) is 3. The second-order valence-electron chi connectivity index (χ2n) is 6.31. The molecule has 0 saturated heterocycles. The van der Waals surface area contributed by atoms with E-state index in [-0.39, 0.29) is 12.5 Å². The minimum absolute atomic E-state index is 0.132. The molecule has 0 amide bonds. The van der Waals surface area contributed by atoms with Gasteiger partial charge in [0.2, 0.25) is 0 Å². The quantitative estimate of drug-likeness (QED) is 0.661. The van der Waals surface area contributed by atoms with Crippen LogP contribution in [-0.4, -0.2) is 14.7 Å². The summed E-state index contributed by atoms with van der Waals surface area (Å²) in [6.07, 6.45) is 0. The van der Waals surface area contributed by atoms with Gasteiger partial charge in [-0.15, -0.1) is 0 Å². The molecule has 0 aliphatic carbocycles. The maximum absolute atomic E-state index is 13.5. The van der Waals surface area contributed by atoms with Crippen LogP contribution in [0.4, 0.5) is 8.78 Å². The largest absolute Gasteiger partial charge is 0.388 e. The lowest BCUT2D eigenvalue weighted by molar-refractivity contribution is 0.265. The molecule has 0 bridgehead atoms. The molecule has 6 heteroatoms. The van der Waals surface area contributed by atoms with Crippen molar-refractivity contribution in [2.24, 2.45) is 0 Å². The molecule has 3 nitrogen and oxygen atoms in total. The topological polar surface area (TPSA) is 38.1 Å². The van der Waals surface area contributed by atoms with E-state index in [2.05, 4.69) is 4.98 Å². The number of aliphatic hydroxyl groups is 1. The van der Waals surface area contributed by atoms with E-state index in [1.165, 1.54) is 23.9 Å². The zero-order chi connectivity index (χ0) is 18.7. The van der Waals surface area contributed by atoms with Gasteiger partial charge in [-0.3, -0.25) is 0 Å². The molecule has 0 unspecified atom stereocenters. The Morgan fingerprint density at radius 3 is 2.31 bits per heavy atom. The number of hydrogen-bond donors (Lipinski definition) is 1. The zero-order valence-corrected chi connectivity index (χ0v) is 15.4. The van der Waals surface area contributed by atoms with Crippen molar-refractivity contribution in [3.05, 3.63) is 77.2 Å². The van der Waals surface area contributed by atoms with Crippen molar-refractivity contribution >= 4 is 11.8 Å². The molecule has 0 atom stereocenters. The first-order valence-electron chi connectivity index (χ1n) is 8.36. The summed E-state index contributed by atoms with van der Waals surface area (Å²) in [4.78, 5) is 4.97. The number of aliphatic hydroxyl groups excluding tert-OH is 1. The summed E-state index contributed by atoms with van der Waals surface area (Å²) in [5.41, 5.74) is 2.03. The lowest BCUT2D eigenvalue weighted by Gasteiger charge is -2.15. The van der Waals surface area contributed by atoms with Gasteiger partial charge in [-0.25, -0.2) is 13.8 Å². The average Bonchev–Trinajstić information content (AvgIpc) is 2.92. The third-order valence-electron chi connectivity index (χ3n) is 3.97. The molecule has 0 radical (unpaired) electrons. The summed E-state index contributed by atoms with van der Waals surface area (Å²) >= 11 is 1.21. The molecule has 0 spiro atoms. The summed E-state index contributed by atoms with van der Waals surface area (Å²) < 4.78 is 29.0. The van der Waals surface area contributed by atoms with E-state index >= 15 is 0 Å². The van der Waals surface area contributed by atoms with Crippen LogP contribution in [-0.2, 0) is 13.2 Å². The number of nitrogens with zero attached hydrogens (tertiary/aromatic N) is 2. The molecule has 0 aliphatic heterocycles. The van der Waals surface area contributed by atoms with Gasteiger partial charge in [0.05, 0.1) is 5.69 Å². The fraction of sp³-hybridized carbons (Fsp3) is 0.250. The third-order valence-corrected chi connectivity index (χ3v) is 4.94. The maximum Gasteiger partial charge on any atom is 0.136 e. The highest BCUT2D eigenvalue weighted by atomic mass is 32.2. The molecule has 1 aromatic heterocycles. The third kappa shape index (κ3) is 4.14. The summed E-state index contributed by atoms with van der Waals surface area (Å²) in [5, 5.41) is 10.4. The van der Waals surface area contributed by atoms with Crippen molar-refractivity contribution in [2.45, 2.75) is 42.8 Å². The number of aromatic nitrogens is 2. The Balaban J connectivity index is 2.02. The van der Waals surface area contributed by atoms with Crippen molar-refractivity contribution < 1.29 is 13.9 Å². The fourth-order valence-corrected chi connectivity index (χ4v) is 4.05. The van der Waals surface area contributed by atoms with E-state index in [1.54, 1.807) is 0 Å². The highest BCUT2D eigenvalue weighted by Gasteiger charge is 2.21. The molecular formula is C20H20F2N2OS. The Kier molecular flexibility index (Phi) is 5.74. The predicted octanol–water partition coefficient (Wildman–Crippen LogP) is 4.98. The lowest BCUT2D eigenvalue weighted by atomic mass is 10.1. The van der Waals surface area contributed by atoms with Gasteiger partial charge in [0.1, 0.15) is 29.1 Å². The smallest absolute Gasteiger partial charge is 0.136 e. The summed E-state index contributed by atoms with van der Waals surface area (Å²) in [5.74, 6) is -0.571. The lowest BCUT2D eigenvalue weighted by Crippen LogP contribution is -2.10. The molecule has 0 saturated carbocycles. The van der Waals surface area contributed by atoms with Crippen LogP contribution in [0, 0.1) is 11.6 Å². The van der Waals surface area contributed by atoms with E-state index in [9.17, 15) is 13.9 Å². The standard InChI is InChI=1S/C20H20F2N2OS/c1-13(2)19-20(26-17-9-15(21)8-16(22)10-17)23-18(12-25)24(19)11-14-6-4-3-5-7-14/h3-10,13,25H,11-12H2,1-2H3. The predicted molar refractivity (Wildman–Crippen MR) is 98.3 cm³/mol. The molecule has 1 N–H and O–H groups in total. The summed E-state index contributed by atoms with van der Waals surface area (Å²) in [7, 11) is 0. The van der Waals surface area contributed by atoms with Crippen LogP contribution in [0.15, 0.2) is 58.5 Å². The average molecular weight is 374 g/mol. The van der Waals surface area contributed by atoms with Gasteiger partial charge >= 0.3 is 0 Å². The Morgan fingerprint density at radius 1 is 1.08 bits per heavy atom. The van der Waals surface area contributed by atoms with Gasteiger partial charge in [0.15, 0.2) is 0 Å². The van der Waals surface area contributed by atoms with Gasteiger partial charge in [-0.2, -0.15) is 0 Å². The van der Waals surface area contributed by atoms with E-state index in [4.69, 9.17) is 0 Å². The SMILES string of the molecule is CC(C)c1c(Sc2cc(F)cc(F)c2)nc(CO)n1Cc1ccccc1. The molecule has 136 valence electrons. The summed E-state index contributed by atoms with van der Waals surface area (Å²) in [6.45, 7) is 4.45. The van der Waals surface area contributed by atoms with Crippen LogP contribution in [0.2, 0.25) is 0 Å². The highest BCUT2D eigenvalue weighted by Crippen LogP contribution is 2.35. The van der Waals surface area contributed by atoms with Crippen molar-refractivity contribution in [1.29, 1.82) is 0 Å². The Morgan fingerprint density at radius 2 is 1.73 bits per heavy atom. The Bertz CT molecular complexity index is 874. The van der Waals surface area contributed by atoms with E-state index < -0.39 is 11.6 Å². The normalized spacial score (nSPS) is 11.3. The van der Waals surface area contributed by atoms with Crippen molar-refractivity contribution in [1.82, 2.24) is 9.55 Å². The Labute approximate surface area is 155 Å². The molecule has 3 aromatic rings. The zero-order valence-electron chi connectivity index (χ0n) is 14.6. The number of halogens is 2. The van der Waals surface area contributed by atoms with Gasteiger partial charge in [-0.05, 0) is 23.6 Å². The van der Waals surface area contributed by atoms with Crippen LogP contribution >= 0.6 is 11.8 Å². The van der Waals surface area contributed by atoms with E-state index in [0.717, 1.165) is 17.3 Å². The molecule has 26 heavy (non-hydrogen) atoms. The first-order valence-corrected chi connectivity index (χ1v) is 9.17. The number of imidazole rings is 1. The maximum atomic E-state index is 13.5. The highest BCUT2D eigenvalue weighted by molar-refractivity contribution is 7.99. The molecule has 3 rings (SSSR count). The molecule has 2 aromatic carbocycles. The van der Waals surface area contributed by atoms with Crippen LogP contribution in [0.5, 0.6) is 0 Å². The second kappa shape index (κ2) is 8.01. The van der Waals surface area contributed by atoms with Crippen LogP contribution in [0.1, 0.15) is 36.8 Å². The van der Waals surface area contributed by atoms with E-state index in [1.807, 2.05) is 48.7 Å². The minimum atomic E-state index is -0.621. The van der Waals surface area contributed by atoms with E-state index in [0.29, 0.717) is 22.3 Å². The molecule has 0 fully saturated rings. The molecule has 0 aliphatic rings. The van der Waals surface area contributed by atoms with Gasteiger partial charge in [-0.1, -0.05) is 55.9 Å². The molecule has 1 heterocycles. The van der Waals surface area contributed by atoms with Crippen LogP contribution in [0.25, 0.3) is 0 Å². The number of rotatable bonds is 6. The van der Waals surface area contributed by atoms with Gasteiger partial charge in [0.25, 0.3) is 0 Å². The second-order valence-corrected chi connectivity index (χ2v) is 7.37.